The van der Waals surface area contributed by atoms with Crippen molar-refractivity contribution in [3.63, 3.8) is 0 Å². The van der Waals surface area contributed by atoms with Crippen molar-refractivity contribution < 1.29 is 9.21 Å². The molecule has 0 bridgehead atoms. The van der Waals surface area contributed by atoms with Gasteiger partial charge in [-0.2, -0.15) is 0 Å². The standard InChI is InChI=1S/C12H12O2/c1-2-10(13)12-6-9-4-7-3-8(7)5-11(9)14-12/h4-8H,2-3H2,1H3. The third-order valence-electron chi connectivity index (χ3n) is 3.04. The zero-order valence-electron chi connectivity index (χ0n) is 8.12. The van der Waals surface area contributed by atoms with Crippen LogP contribution in [-0.2, 0) is 0 Å². The second kappa shape index (κ2) is 2.59. The molecule has 2 nitrogen and oxygen atoms in total. The Labute approximate surface area is 81.9 Å². The molecule has 0 radical (unpaired) electrons. The van der Waals surface area contributed by atoms with Gasteiger partial charge in [0, 0.05) is 11.6 Å². The van der Waals surface area contributed by atoms with Crippen LogP contribution < -0.4 is 10.6 Å². The van der Waals surface area contributed by atoms with Gasteiger partial charge in [0.15, 0.2) is 11.5 Å². The average molecular weight is 188 g/mol. The van der Waals surface area contributed by atoms with Crippen LogP contribution in [0.4, 0.5) is 0 Å². The van der Waals surface area contributed by atoms with Crippen LogP contribution in [-0.4, -0.2) is 5.78 Å². The lowest BCUT2D eigenvalue weighted by molar-refractivity contribution is 0.0960. The summed E-state index contributed by atoms with van der Waals surface area (Å²) in [6.45, 7) is 1.86. The maximum Gasteiger partial charge on any atom is 0.197 e. The van der Waals surface area contributed by atoms with E-state index in [1.165, 1.54) is 6.42 Å². The number of ketones is 1. The van der Waals surface area contributed by atoms with E-state index < -0.39 is 0 Å². The molecule has 14 heavy (non-hydrogen) atoms. The highest BCUT2D eigenvalue weighted by molar-refractivity contribution is 5.93. The van der Waals surface area contributed by atoms with Crippen LogP contribution in [0.25, 0.3) is 12.2 Å². The van der Waals surface area contributed by atoms with Crippen molar-refractivity contribution in [2.45, 2.75) is 19.8 Å². The molecule has 2 unspecified atom stereocenters. The van der Waals surface area contributed by atoms with Gasteiger partial charge in [0.25, 0.3) is 0 Å². The monoisotopic (exact) mass is 188 g/mol. The van der Waals surface area contributed by atoms with Crippen molar-refractivity contribution in [3.8, 4) is 0 Å². The fraction of sp³-hybridized carbons (Fsp3) is 0.417. The van der Waals surface area contributed by atoms with Crippen LogP contribution in [0.2, 0.25) is 0 Å². The van der Waals surface area contributed by atoms with Gasteiger partial charge in [-0.25, -0.2) is 0 Å². The van der Waals surface area contributed by atoms with Crippen LogP contribution in [0.1, 0.15) is 30.3 Å². The van der Waals surface area contributed by atoms with Gasteiger partial charge in [0.1, 0.15) is 5.42 Å². The van der Waals surface area contributed by atoms with Crippen LogP contribution in [0, 0.1) is 11.8 Å². The molecule has 1 fully saturated rings. The Morgan fingerprint density at radius 1 is 1.50 bits per heavy atom. The maximum absolute atomic E-state index is 11.4. The van der Waals surface area contributed by atoms with E-state index in [0.29, 0.717) is 24.0 Å². The van der Waals surface area contributed by atoms with E-state index in [1.54, 1.807) is 0 Å². The number of hydrogen-bond acceptors (Lipinski definition) is 2. The van der Waals surface area contributed by atoms with Gasteiger partial charge in [-0.3, -0.25) is 4.79 Å². The summed E-state index contributed by atoms with van der Waals surface area (Å²) in [6.07, 6.45) is 6.16. The van der Waals surface area contributed by atoms with Crippen molar-refractivity contribution in [2.24, 2.45) is 11.8 Å². The summed E-state index contributed by atoms with van der Waals surface area (Å²) in [6, 6.07) is 1.88. The molecule has 2 heteroatoms. The van der Waals surface area contributed by atoms with Crippen LogP contribution in [0.15, 0.2) is 10.5 Å². The van der Waals surface area contributed by atoms with Gasteiger partial charge >= 0.3 is 0 Å². The van der Waals surface area contributed by atoms with E-state index in [1.807, 2.05) is 13.0 Å². The molecule has 0 spiro atoms. The van der Waals surface area contributed by atoms with E-state index in [4.69, 9.17) is 4.42 Å². The number of carbonyl (C=O) groups is 1. The third-order valence-corrected chi connectivity index (χ3v) is 3.04. The molecule has 1 saturated carbocycles. The van der Waals surface area contributed by atoms with Gasteiger partial charge in [0.05, 0.1) is 0 Å². The number of carbonyl (C=O) groups excluding carboxylic acids is 1. The molecule has 0 aromatic carbocycles. The van der Waals surface area contributed by atoms with Crippen LogP contribution >= 0.6 is 0 Å². The lowest BCUT2D eigenvalue weighted by Gasteiger charge is -1.90. The van der Waals surface area contributed by atoms with Gasteiger partial charge in [-0.1, -0.05) is 13.0 Å². The minimum absolute atomic E-state index is 0.0925. The number of fused-ring (bicyclic) bond motifs is 2. The molecule has 1 heterocycles. The Bertz CT molecular complexity index is 469. The van der Waals surface area contributed by atoms with Gasteiger partial charge in [-0.15, -0.1) is 0 Å². The maximum atomic E-state index is 11.4. The van der Waals surface area contributed by atoms with E-state index in [2.05, 4.69) is 12.2 Å². The number of hydrogen-bond donors (Lipinski definition) is 0. The first kappa shape index (κ1) is 8.04. The molecule has 1 aromatic heterocycles. The molecular formula is C12H12O2. The van der Waals surface area contributed by atoms with Gasteiger partial charge < -0.3 is 4.42 Å². The number of rotatable bonds is 2. The summed E-state index contributed by atoms with van der Waals surface area (Å²) in [5, 5.41) is 1.11. The minimum atomic E-state index is 0.0925. The summed E-state index contributed by atoms with van der Waals surface area (Å²) in [5.41, 5.74) is 0.903. The molecule has 1 aromatic rings. The number of Topliss-reactive ketones (excluding diaryl/α,β-unsaturated/α-hetero) is 1. The van der Waals surface area contributed by atoms with E-state index >= 15 is 0 Å². The zero-order valence-corrected chi connectivity index (χ0v) is 8.12. The predicted octanol–water partition coefficient (Wildman–Crippen LogP) is 1.08. The molecule has 0 amide bonds. The summed E-state index contributed by atoms with van der Waals surface area (Å²) in [5.74, 6) is 2.00. The van der Waals surface area contributed by atoms with Crippen LogP contribution in [0.5, 0.6) is 0 Å². The lowest BCUT2D eigenvalue weighted by Crippen LogP contribution is -2.22. The van der Waals surface area contributed by atoms with Crippen molar-refractivity contribution >= 4 is 17.9 Å². The van der Waals surface area contributed by atoms with Gasteiger partial charge in [0.2, 0.25) is 0 Å². The highest BCUT2D eigenvalue weighted by atomic mass is 16.3. The summed E-state index contributed by atoms with van der Waals surface area (Å²) < 4.78 is 5.52. The predicted molar refractivity (Wildman–Crippen MR) is 53.1 cm³/mol. The van der Waals surface area contributed by atoms with Crippen molar-refractivity contribution in [1.29, 1.82) is 0 Å². The second-order valence-electron chi connectivity index (χ2n) is 4.10. The molecular weight excluding hydrogens is 176 g/mol. The first-order chi connectivity index (χ1) is 6.78. The molecule has 72 valence electrons. The smallest absolute Gasteiger partial charge is 0.197 e. The van der Waals surface area contributed by atoms with E-state index in [0.717, 1.165) is 10.6 Å². The molecule has 3 rings (SSSR count). The highest BCUT2D eigenvalue weighted by Crippen LogP contribution is 2.41. The lowest BCUT2D eigenvalue weighted by atomic mass is 10.1. The fourth-order valence-electron chi connectivity index (χ4n) is 2.04. The molecule has 2 aliphatic carbocycles. The molecule has 0 aliphatic heterocycles. The first-order valence-corrected chi connectivity index (χ1v) is 5.14. The Balaban J connectivity index is 2.14. The molecule has 0 saturated heterocycles. The third kappa shape index (κ3) is 1.07. The summed E-state index contributed by atoms with van der Waals surface area (Å²) >= 11 is 0. The Morgan fingerprint density at radius 3 is 3.07 bits per heavy atom. The largest absolute Gasteiger partial charge is 0.453 e. The highest BCUT2D eigenvalue weighted by Gasteiger charge is 2.35. The zero-order chi connectivity index (χ0) is 9.71. The topological polar surface area (TPSA) is 30.2 Å². The Kier molecular flexibility index (Phi) is 1.49. The van der Waals surface area contributed by atoms with Crippen molar-refractivity contribution in [2.75, 3.05) is 0 Å². The van der Waals surface area contributed by atoms with Crippen molar-refractivity contribution in [1.82, 2.24) is 0 Å². The van der Waals surface area contributed by atoms with Crippen LogP contribution in [0.3, 0.4) is 0 Å². The Morgan fingerprint density at radius 2 is 2.29 bits per heavy atom. The minimum Gasteiger partial charge on any atom is -0.453 e. The molecule has 0 N–H and O–H groups in total. The number of furan rings is 1. The average Bonchev–Trinajstić information content (AvgIpc) is 2.81. The molecule has 2 aliphatic rings. The van der Waals surface area contributed by atoms with Crippen molar-refractivity contribution in [3.05, 3.63) is 22.5 Å². The first-order valence-electron chi connectivity index (χ1n) is 5.14. The second-order valence-corrected chi connectivity index (χ2v) is 4.10. The SMILES string of the molecule is CCC(=O)c1cc2c(o1)=CC1CC1C=2. The summed E-state index contributed by atoms with van der Waals surface area (Å²) in [4.78, 5) is 11.4. The summed E-state index contributed by atoms with van der Waals surface area (Å²) in [7, 11) is 0. The van der Waals surface area contributed by atoms with E-state index in [9.17, 15) is 4.79 Å². The van der Waals surface area contributed by atoms with Gasteiger partial charge in [-0.05, 0) is 30.4 Å². The Hall–Kier alpha value is -1.31. The fourth-order valence-corrected chi connectivity index (χ4v) is 2.04. The quantitative estimate of drug-likeness (QED) is 0.650. The van der Waals surface area contributed by atoms with E-state index in [-0.39, 0.29) is 5.78 Å². The molecule has 2 atom stereocenters. The normalized spacial score (nSPS) is 26.9.